The van der Waals surface area contributed by atoms with Crippen molar-refractivity contribution in [2.24, 2.45) is 0 Å². The number of unbranched alkanes of at least 4 members (excludes halogenated alkanes) is 22. The topological polar surface area (TPSA) is 111 Å². The average Bonchev–Trinajstić information content (AvgIpc) is 3.36. The van der Waals surface area contributed by atoms with Crippen LogP contribution in [-0.2, 0) is 27.9 Å². The van der Waals surface area contributed by atoms with Crippen molar-refractivity contribution >= 4 is 19.7 Å². The van der Waals surface area contributed by atoms with Crippen molar-refractivity contribution in [2.45, 2.75) is 245 Å². The van der Waals surface area contributed by atoms with Gasteiger partial charge in [-0.3, -0.25) is 18.6 Å². The number of nitrogens with one attached hydrogen (secondary N) is 1. The summed E-state index contributed by atoms with van der Waals surface area (Å²) in [5.41, 5.74) is 0. The number of hydrogen-bond donors (Lipinski definition) is 2. The van der Waals surface area contributed by atoms with Gasteiger partial charge in [-0.2, -0.15) is 0 Å². The summed E-state index contributed by atoms with van der Waals surface area (Å²) in [6, 6.07) is -0.869. The van der Waals surface area contributed by atoms with E-state index in [2.05, 4.69) is 123 Å². The number of nitrogens with zero attached hydrogens (tertiary/aromatic N) is 1. The molecule has 9 nitrogen and oxygen atoms in total. The van der Waals surface area contributed by atoms with E-state index in [1.54, 1.807) is 0 Å². The quantitative estimate of drug-likeness (QED) is 0.0156. The minimum absolute atomic E-state index is 0.0285. The van der Waals surface area contributed by atoms with Gasteiger partial charge in [0.15, 0.2) is 0 Å². The van der Waals surface area contributed by atoms with Crippen LogP contribution in [-0.4, -0.2) is 74.3 Å². The largest absolute Gasteiger partial charge is 0.472 e. The predicted molar refractivity (Wildman–Crippen MR) is 318 cm³/mol. The van der Waals surface area contributed by atoms with Crippen LogP contribution in [0.15, 0.2) is 109 Å². The molecule has 0 spiro atoms. The molecular weight excluding hydrogens is 940 g/mol. The van der Waals surface area contributed by atoms with E-state index in [4.69, 9.17) is 13.8 Å². The highest BCUT2D eigenvalue weighted by Gasteiger charge is 2.30. The van der Waals surface area contributed by atoms with Gasteiger partial charge in [0.05, 0.1) is 33.8 Å². The number of amides is 1. The Bertz CT molecular complexity index is 1640. The lowest BCUT2D eigenvalue weighted by molar-refractivity contribution is -0.870. The number of allylic oxidation sites excluding steroid dienone is 17. The van der Waals surface area contributed by atoms with Crippen molar-refractivity contribution in [2.75, 3.05) is 40.9 Å². The number of rotatable bonds is 52. The van der Waals surface area contributed by atoms with Gasteiger partial charge in [0.25, 0.3) is 0 Å². The zero-order chi connectivity index (χ0) is 54.3. The van der Waals surface area contributed by atoms with Crippen molar-refractivity contribution in [3.63, 3.8) is 0 Å². The minimum atomic E-state index is -4.46. The van der Waals surface area contributed by atoms with Gasteiger partial charge < -0.3 is 19.4 Å². The maximum atomic E-state index is 13.5. The molecule has 0 fully saturated rings. The standard InChI is InChI=1S/C64H111N2O7P/c1-7-10-13-16-19-22-25-28-30-31-32-33-34-35-37-39-42-45-48-51-54-57-64(68)73-62(55-52-49-46-43-40-27-24-21-18-15-12-9-3)61(60-72-74(69,70)71-59-58-66(4,5)6)65-63(67)56-53-50-47-44-41-38-36-29-26-23-20-17-14-11-8-2/h10-11,13-14,17,19-20,22-23,26,28,30,32-33,35,37,52,55,61-62H,7-9,12,15-16,18,21,24-25,27,29,31,34,36,38-51,53-54,56-60H2,1-6H3,(H-,65,67,69,70)/p+1/b13-10-,14-11+,20-17+,22-19-,26-23+,30-28-,33-32-,37-35-,55-52-. The highest BCUT2D eigenvalue weighted by Crippen LogP contribution is 2.43. The Balaban J connectivity index is 5.34. The number of likely N-dealkylation sites (N-methyl/N-ethyl adjacent to an activating group) is 1. The Morgan fingerprint density at radius 3 is 1.45 bits per heavy atom. The Morgan fingerprint density at radius 1 is 0.500 bits per heavy atom. The van der Waals surface area contributed by atoms with E-state index in [1.807, 2.05) is 33.3 Å². The lowest BCUT2D eigenvalue weighted by Gasteiger charge is -2.27. The first-order chi connectivity index (χ1) is 35.9. The molecule has 0 aliphatic rings. The van der Waals surface area contributed by atoms with Crippen LogP contribution in [0.5, 0.6) is 0 Å². The number of carbonyl (C=O) groups is 2. The normalized spacial score (nSPS) is 14.5. The van der Waals surface area contributed by atoms with Crippen molar-refractivity contribution in [3.8, 4) is 0 Å². The van der Waals surface area contributed by atoms with Gasteiger partial charge in [0.2, 0.25) is 5.91 Å². The molecule has 424 valence electrons. The van der Waals surface area contributed by atoms with Gasteiger partial charge in [0, 0.05) is 12.8 Å². The highest BCUT2D eigenvalue weighted by atomic mass is 31.2. The molecule has 0 aromatic heterocycles. The number of ether oxygens (including phenoxy) is 1. The molecule has 0 aliphatic heterocycles. The van der Waals surface area contributed by atoms with Crippen LogP contribution in [0, 0.1) is 0 Å². The van der Waals surface area contributed by atoms with Crippen molar-refractivity contribution < 1.29 is 37.3 Å². The first-order valence-corrected chi connectivity index (χ1v) is 31.2. The molecule has 2 N–H and O–H groups in total. The van der Waals surface area contributed by atoms with Gasteiger partial charge in [-0.15, -0.1) is 0 Å². The van der Waals surface area contributed by atoms with Crippen LogP contribution in [0.2, 0.25) is 0 Å². The number of carbonyl (C=O) groups excluding carboxylic acids is 2. The van der Waals surface area contributed by atoms with E-state index in [9.17, 15) is 19.0 Å². The lowest BCUT2D eigenvalue weighted by Crippen LogP contribution is -2.47. The molecule has 3 atom stereocenters. The second-order valence-electron chi connectivity index (χ2n) is 20.8. The van der Waals surface area contributed by atoms with E-state index in [-0.39, 0.29) is 31.5 Å². The van der Waals surface area contributed by atoms with Crippen LogP contribution in [0.1, 0.15) is 233 Å². The van der Waals surface area contributed by atoms with Gasteiger partial charge in [-0.05, 0) is 96.0 Å². The lowest BCUT2D eigenvalue weighted by atomic mass is 10.0. The average molecular weight is 1050 g/mol. The van der Waals surface area contributed by atoms with Crippen molar-refractivity contribution in [1.82, 2.24) is 5.32 Å². The SMILES string of the molecule is CC/C=C\C/C=C\C/C=C\C/C=C\C/C=C\CCCCCCCC(=O)OC(/C=C\CCCCCCCCCCCC)C(COP(=O)(O)OCC[N+](C)(C)C)NC(=O)CCCCCCCCC/C=C/C=C/C=C/CC. The summed E-state index contributed by atoms with van der Waals surface area (Å²) in [6.07, 6.45) is 72.2. The molecule has 0 saturated carbocycles. The van der Waals surface area contributed by atoms with E-state index in [0.717, 1.165) is 122 Å². The number of phosphoric ester groups is 1. The Morgan fingerprint density at radius 2 is 0.932 bits per heavy atom. The summed E-state index contributed by atoms with van der Waals surface area (Å²) in [7, 11) is 1.46. The molecule has 0 heterocycles. The molecule has 0 aromatic carbocycles. The minimum Gasteiger partial charge on any atom is -0.456 e. The Hall–Kier alpha value is -3.33. The van der Waals surface area contributed by atoms with Crippen molar-refractivity contribution in [1.29, 1.82) is 0 Å². The molecule has 74 heavy (non-hydrogen) atoms. The third-order valence-electron chi connectivity index (χ3n) is 12.5. The van der Waals surface area contributed by atoms with Gasteiger partial charge in [0.1, 0.15) is 19.3 Å². The summed E-state index contributed by atoms with van der Waals surface area (Å²) in [5, 5.41) is 3.04. The first-order valence-electron chi connectivity index (χ1n) is 29.7. The van der Waals surface area contributed by atoms with E-state index in [1.165, 1.54) is 70.6 Å². The van der Waals surface area contributed by atoms with Crippen LogP contribution in [0.4, 0.5) is 0 Å². The first kappa shape index (κ1) is 70.7. The predicted octanol–water partition coefficient (Wildman–Crippen LogP) is 18.2. The highest BCUT2D eigenvalue weighted by molar-refractivity contribution is 7.47. The molecule has 0 saturated heterocycles. The molecule has 1 amide bonds. The zero-order valence-corrected chi connectivity index (χ0v) is 49.2. The molecule has 0 radical (unpaired) electrons. The van der Waals surface area contributed by atoms with E-state index >= 15 is 0 Å². The molecule has 10 heteroatoms. The summed E-state index contributed by atoms with van der Waals surface area (Å²) < 4.78 is 30.6. The molecule has 0 aliphatic carbocycles. The zero-order valence-electron chi connectivity index (χ0n) is 48.3. The fraction of sp³-hybridized carbons (Fsp3) is 0.688. The third-order valence-corrected chi connectivity index (χ3v) is 13.5. The summed E-state index contributed by atoms with van der Waals surface area (Å²) >= 11 is 0. The number of phosphoric acid groups is 1. The smallest absolute Gasteiger partial charge is 0.456 e. The van der Waals surface area contributed by atoms with Crippen molar-refractivity contribution in [3.05, 3.63) is 109 Å². The Labute approximate surface area is 455 Å². The second-order valence-corrected chi connectivity index (χ2v) is 22.3. The van der Waals surface area contributed by atoms with Gasteiger partial charge >= 0.3 is 13.8 Å². The molecule has 0 rings (SSSR count). The number of hydrogen-bond acceptors (Lipinski definition) is 6. The van der Waals surface area contributed by atoms with E-state index in [0.29, 0.717) is 23.9 Å². The fourth-order valence-electron chi connectivity index (χ4n) is 7.97. The van der Waals surface area contributed by atoms with E-state index < -0.39 is 20.0 Å². The molecule has 0 aromatic rings. The fourth-order valence-corrected chi connectivity index (χ4v) is 8.70. The van der Waals surface area contributed by atoms with Gasteiger partial charge in [-0.1, -0.05) is 233 Å². The molecular formula is C64H112N2O7P+. The Kier molecular flexibility index (Phi) is 50.7. The summed E-state index contributed by atoms with van der Waals surface area (Å²) in [6.45, 7) is 6.73. The van der Waals surface area contributed by atoms with Crippen LogP contribution < -0.4 is 5.32 Å². The number of esters is 1. The third kappa shape index (κ3) is 53.5. The van der Waals surface area contributed by atoms with Gasteiger partial charge in [-0.25, -0.2) is 4.57 Å². The van der Waals surface area contributed by atoms with Crippen LogP contribution >= 0.6 is 7.82 Å². The van der Waals surface area contributed by atoms with Crippen LogP contribution in [0.25, 0.3) is 0 Å². The summed E-state index contributed by atoms with van der Waals surface area (Å²) in [5.74, 6) is -0.548. The maximum Gasteiger partial charge on any atom is 0.472 e. The second kappa shape index (κ2) is 53.1. The van der Waals surface area contributed by atoms with Crippen LogP contribution in [0.3, 0.4) is 0 Å². The monoisotopic (exact) mass is 1050 g/mol. The molecule has 3 unspecified atom stereocenters. The summed E-state index contributed by atoms with van der Waals surface area (Å²) in [4.78, 5) is 37.6. The number of quaternary nitrogens is 1. The molecule has 0 bridgehead atoms. The maximum absolute atomic E-state index is 13.5.